The van der Waals surface area contributed by atoms with Gasteiger partial charge in [0.1, 0.15) is 5.75 Å². The molecule has 3 aromatic carbocycles. The van der Waals surface area contributed by atoms with Gasteiger partial charge in [0.2, 0.25) is 0 Å². The summed E-state index contributed by atoms with van der Waals surface area (Å²) < 4.78 is 68.0. The predicted octanol–water partition coefficient (Wildman–Crippen LogP) is 4.95. The molecular weight excluding hydrogens is 433 g/mol. The minimum absolute atomic E-state index is 0.0745. The molecule has 0 fully saturated rings. The fourth-order valence-electron chi connectivity index (χ4n) is 2.62. The zero-order valence-corrected chi connectivity index (χ0v) is 16.9. The number of amides is 1. The first-order valence-corrected chi connectivity index (χ1v) is 10.4. The Hall–Kier alpha value is -3.53. The van der Waals surface area contributed by atoms with Crippen LogP contribution in [0.2, 0.25) is 0 Å². The Kier molecular flexibility index (Phi) is 6.21. The number of anilines is 2. The number of rotatable bonds is 6. The Bertz CT molecular complexity index is 1180. The highest BCUT2D eigenvalue weighted by Crippen LogP contribution is 2.25. The second kappa shape index (κ2) is 8.68. The van der Waals surface area contributed by atoms with E-state index in [4.69, 9.17) is 0 Å². The van der Waals surface area contributed by atoms with Crippen LogP contribution in [-0.4, -0.2) is 20.7 Å². The molecule has 3 rings (SSSR count). The average Bonchev–Trinajstić information content (AvgIpc) is 2.70. The number of nitrogens with one attached hydrogen (secondary N) is 2. The molecule has 0 aliphatic rings. The van der Waals surface area contributed by atoms with E-state index in [-0.39, 0.29) is 21.8 Å². The fourth-order valence-corrected chi connectivity index (χ4v) is 3.76. The number of carbonyl (C=O) groups is 1. The second-order valence-electron chi connectivity index (χ2n) is 6.47. The van der Waals surface area contributed by atoms with Crippen LogP contribution in [0.3, 0.4) is 0 Å². The van der Waals surface area contributed by atoms with E-state index in [1.807, 2.05) is 0 Å². The predicted molar refractivity (Wildman–Crippen MR) is 110 cm³/mol. The van der Waals surface area contributed by atoms with Crippen LogP contribution in [-0.2, 0) is 10.0 Å². The van der Waals surface area contributed by atoms with Crippen molar-refractivity contribution in [3.05, 3.63) is 83.9 Å². The summed E-state index contributed by atoms with van der Waals surface area (Å²) >= 11 is 0. The van der Waals surface area contributed by atoms with Crippen LogP contribution in [0.5, 0.6) is 5.75 Å². The fraction of sp³-hybridized carbons (Fsp3) is 0.0952. The van der Waals surface area contributed by atoms with Gasteiger partial charge in [0.15, 0.2) is 0 Å². The lowest BCUT2D eigenvalue weighted by molar-refractivity contribution is -0.274. The molecule has 6 nitrogen and oxygen atoms in total. The normalized spacial score (nSPS) is 11.6. The van der Waals surface area contributed by atoms with Gasteiger partial charge in [-0.1, -0.05) is 24.3 Å². The lowest BCUT2D eigenvalue weighted by Crippen LogP contribution is -2.17. The number of hydrogen-bond donors (Lipinski definition) is 2. The van der Waals surface area contributed by atoms with Crippen LogP contribution >= 0.6 is 0 Å². The summed E-state index contributed by atoms with van der Waals surface area (Å²) in [5.74, 6) is -0.983. The number of ether oxygens (including phenoxy) is 1. The summed E-state index contributed by atoms with van der Waals surface area (Å²) in [6.07, 6.45) is -4.81. The lowest BCUT2D eigenvalue weighted by atomic mass is 10.1. The highest BCUT2D eigenvalue weighted by molar-refractivity contribution is 7.92. The zero-order valence-electron chi connectivity index (χ0n) is 16.1. The third kappa shape index (κ3) is 5.98. The molecule has 0 spiro atoms. The van der Waals surface area contributed by atoms with Crippen molar-refractivity contribution in [1.29, 1.82) is 0 Å². The van der Waals surface area contributed by atoms with E-state index in [1.54, 1.807) is 31.2 Å². The Morgan fingerprint density at radius 3 is 2.19 bits per heavy atom. The standard InChI is InChI=1S/C21H17F3N2O4S/c1-14-7-8-15(13-19(14)26-31(28,29)18-5-3-2-4-6-18)20(27)25-16-9-11-17(12-10-16)30-21(22,23)24/h2-13,26H,1H3,(H,25,27). The molecule has 0 saturated carbocycles. The number of halogens is 3. The number of carbonyl (C=O) groups excluding carboxylic acids is 1. The van der Waals surface area contributed by atoms with E-state index < -0.39 is 28.0 Å². The van der Waals surface area contributed by atoms with Crippen LogP contribution in [0, 0.1) is 6.92 Å². The van der Waals surface area contributed by atoms with Crippen LogP contribution in [0.15, 0.2) is 77.7 Å². The van der Waals surface area contributed by atoms with Crippen LogP contribution in [0.25, 0.3) is 0 Å². The minimum atomic E-state index is -4.81. The molecule has 1 amide bonds. The van der Waals surface area contributed by atoms with E-state index in [1.165, 1.54) is 36.4 Å². The number of alkyl halides is 3. The van der Waals surface area contributed by atoms with Crippen molar-refractivity contribution in [2.75, 3.05) is 10.0 Å². The van der Waals surface area contributed by atoms with Crippen LogP contribution < -0.4 is 14.8 Å². The van der Waals surface area contributed by atoms with Crippen LogP contribution in [0.4, 0.5) is 24.5 Å². The molecule has 0 unspecified atom stereocenters. The summed E-state index contributed by atoms with van der Waals surface area (Å²) in [6, 6.07) is 16.9. The van der Waals surface area contributed by atoms with Gasteiger partial charge in [-0.3, -0.25) is 9.52 Å². The summed E-state index contributed by atoms with van der Waals surface area (Å²) in [6.45, 7) is 1.68. The topological polar surface area (TPSA) is 84.5 Å². The molecule has 2 N–H and O–H groups in total. The molecule has 0 atom stereocenters. The molecule has 0 saturated heterocycles. The first-order chi connectivity index (χ1) is 14.5. The Balaban J connectivity index is 1.76. The number of aryl methyl sites for hydroxylation is 1. The Morgan fingerprint density at radius 1 is 0.935 bits per heavy atom. The minimum Gasteiger partial charge on any atom is -0.406 e. The van der Waals surface area contributed by atoms with E-state index >= 15 is 0 Å². The van der Waals surface area contributed by atoms with Gasteiger partial charge in [-0.2, -0.15) is 0 Å². The van der Waals surface area contributed by atoms with E-state index in [0.717, 1.165) is 12.1 Å². The van der Waals surface area contributed by atoms with Crippen molar-refractivity contribution in [2.45, 2.75) is 18.2 Å². The molecule has 0 aromatic heterocycles. The molecule has 162 valence electrons. The van der Waals surface area contributed by atoms with Crippen molar-refractivity contribution in [3.8, 4) is 5.75 Å². The molecule has 3 aromatic rings. The van der Waals surface area contributed by atoms with Crippen molar-refractivity contribution in [1.82, 2.24) is 0 Å². The van der Waals surface area contributed by atoms with Gasteiger partial charge in [0, 0.05) is 11.3 Å². The quantitative estimate of drug-likeness (QED) is 0.557. The van der Waals surface area contributed by atoms with Crippen LogP contribution in [0.1, 0.15) is 15.9 Å². The third-order valence-electron chi connectivity index (χ3n) is 4.14. The SMILES string of the molecule is Cc1ccc(C(=O)Nc2ccc(OC(F)(F)F)cc2)cc1NS(=O)(=O)c1ccccc1. The molecular formula is C21H17F3N2O4S. The van der Waals surface area contributed by atoms with E-state index in [0.29, 0.717) is 5.56 Å². The van der Waals surface area contributed by atoms with Crippen molar-refractivity contribution in [2.24, 2.45) is 0 Å². The summed E-state index contributed by atoms with van der Waals surface area (Å²) in [4.78, 5) is 12.6. The smallest absolute Gasteiger partial charge is 0.406 e. The van der Waals surface area contributed by atoms with Gasteiger partial charge in [0.05, 0.1) is 10.6 Å². The largest absolute Gasteiger partial charge is 0.573 e. The van der Waals surface area contributed by atoms with Crippen molar-refractivity contribution < 1.29 is 31.1 Å². The highest BCUT2D eigenvalue weighted by Gasteiger charge is 2.31. The molecule has 10 heteroatoms. The summed E-state index contributed by atoms with van der Waals surface area (Å²) in [7, 11) is -3.84. The molecule has 0 radical (unpaired) electrons. The molecule has 0 heterocycles. The number of hydrogen-bond acceptors (Lipinski definition) is 4. The van der Waals surface area contributed by atoms with Gasteiger partial charge in [-0.25, -0.2) is 8.42 Å². The summed E-state index contributed by atoms with van der Waals surface area (Å²) in [5.41, 5.74) is 1.23. The monoisotopic (exact) mass is 450 g/mol. The summed E-state index contributed by atoms with van der Waals surface area (Å²) in [5, 5.41) is 2.54. The molecule has 0 aliphatic carbocycles. The first kappa shape index (κ1) is 22.2. The maximum absolute atomic E-state index is 12.6. The van der Waals surface area contributed by atoms with Gasteiger partial charge < -0.3 is 10.1 Å². The maximum atomic E-state index is 12.6. The highest BCUT2D eigenvalue weighted by atomic mass is 32.2. The van der Waals surface area contributed by atoms with E-state index in [2.05, 4.69) is 14.8 Å². The lowest BCUT2D eigenvalue weighted by Gasteiger charge is -2.13. The number of sulfonamides is 1. The average molecular weight is 450 g/mol. The molecule has 31 heavy (non-hydrogen) atoms. The van der Waals surface area contributed by atoms with Crippen molar-refractivity contribution >= 4 is 27.3 Å². The second-order valence-corrected chi connectivity index (χ2v) is 8.16. The zero-order chi connectivity index (χ0) is 22.6. The van der Waals surface area contributed by atoms with Gasteiger partial charge in [0.25, 0.3) is 15.9 Å². The molecule has 0 bridgehead atoms. The van der Waals surface area contributed by atoms with Crippen molar-refractivity contribution in [3.63, 3.8) is 0 Å². The molecule has 0 aliphatic heterocycles. The maximum Gasteiger partial charge on any atom is 0.573 e. The van der Waals surface area contributed by atoms with Gasteiger partial charge >= 0.3 is 6.36 Å². The Morgan fingerprint density at radius 2 is 1.58 bits per heavy atom. The Labute approximate surface area is 176 Å². The number of benzene rings is 3. The van der Waals surface area contributed by atoms with Gasteiger partial charge in [-0.05, 0) is 61.0 Å². The first-order valence-electron chi connectivity index (χ1n) is 8.89. The third-order valence-corrected chi connectivity index (χ3v) is 5.52. The van der Waals surface area contributed by atoms with E-state index in [9.17, 15) is 26.4 Å². The van der Waals surface area contributed by atoms with Gasteiger partial charge in [-0.15, -0.1) is 13.2 Å².